The van der Waals surface area contributed by atoms with Crippen LogP contribution in [0.3, 0.4) is 0 Å². The number of nitrogens with zero attached hydrogens (tertiary/aromatic N) is 1. The highest BCUT2D eigenvalue weighted by Gasteiger charge is 2.12. The SMILES string of the molecule is COc1cc2cc(-c3ccccc3)c(=N)n(O)c2cc1OC. The first-order valence-electron chi connectivity index (χ1n) is 6.76. The number of benzene rings is 2. The smallest absolute Gasteiger partial charge is 0.169 e. The molecule has 0 amide bonds. The van der Waals surface area contributed by atoms with Gasteiger partial charge in [0, 0.05) is 17.0 Å². The van der Waals surface area contributed by atoms with Gasteiger partial charge in [0.25, 0.3) is 0 Å². The van der Waals surface area contributed by atoms with Crippen molar-refractivity contribution in [3.05, 3.63) is 54.0 Å². The molecule has 112 valence electrons. The number of ether oxygens (including phenoxy) is 2. The minimum absolute atomic E-state index is 0.0194. The van der Waals surface area contributed by atoms with Gasteiger partial charge in [0.05, 0.1) is 19.7 Å². The molecule has 0 fully saturated rings. The zero-order chi connectivity index (χ0) is 15.7. The fourth-order valence-corrected chi connectivity index (χ4v) is 2.48. The van der Waals surface area contributed by atoms with Crippen LogP contribution in [0.5, 0.6) is 11.5 Å². The van der Waals surface area contributed by atoms with Crippen molar-refractivity contribution in [3.63, 3.8) is 0 Å². The van der Waals surface area contributed by atoms with Crippen molar-refractivity contribution >= 4 is 10.9 Å². The first-order valence-corrected chi connectivity index (χ1v) is 6.76. The highest BCUT2D eigenvalue weighted by molar-refractivity contribution is 5.86. The van der Waals surface area contributed by atoms with Crippen LogP contribution in [-0.2, 0) is 0 Å². The molecule has 0 aliphatic carbocycles. The molecule has 0 bridgehead atoms. The summed E-state index contributed by atoms with van der Waals surface area (Å²) in [6.45, 7) is 0. The van der Waals surface area contributed by atoms with Gasteiger partial charge in [-0.25, -0.2) is 0 Å². The van der Waals surface area contributed by atoms with Gasteiger partial charge in [-0.1, -0.05) is 30.3 Å². The van der Waals surface area contributed by atoms with E-state index in [1.54, 1.807) is 19.2 Å². The molecule has 0 radical (unpaired) electrons. The minimum atomic E-state index is 0.0194. The lowest BCUT2D eigenvalue weighted by Crippen LogP contribution is -2.20. The van der Waals surface area contributed by atoms with E-state index in [2.05, 4.69) is 0 Å². The van der Waals surface area contributed by atoms with Gasteiger partial charge in [-0.05, 0) is 17.7 Å². The van der Waals surface area contributed by atoms with E-state index in [1.807, 2.05) is 36.4 Å². The molecular formula is C17H16N2O3. The molecule has 2 aromatic carbocycles. The standard InChI is InChI=1S/C17H16N2O3/c1-21-15-9-12-8-13(11-6-4-3-5-7-11)17(18)19(20)14(12)10-16(15)22-2/h3-10,18,20H,1-2H3. The third kappa shape index (κ3) is 2.16. The lowest BCUT2D eigenvalue weighted by molar-refractivity contribution is 0.184. The van der Waals surface area contributed by atoms with Gasteiger partial charge in [-0.2, -0.15) is 4.73 Å². The van der Waals surface area contributed by atoms with E-state index in [0.717, 1.165) is 15.7 Å². The number of pyridine rings is 1. The Morgan fingerprint density at radius 3 is 2.23 bits per heavy atom. The van der Waals surface area contributed by atoms with E-state index in [0.29, 0.717) is 22.6 Å². The molecule has 0 aliphatic heterocycles. The molecule has 1 aromatic heterocycles. The Kier molecular flexibility index (Phi) is 3.47. The normalized spacial score (nSPS) is 10.6. The molecule has 5 heteroatoms. The lowest BCUT2D eigenvalue weighted by Gasteiger charge is -2.13. The summed E-state index contributed by atoms with van der Waals surface area (Å²) < 4.78 is 11.4. The number of hydrogen-bond donors (Lipinski definition) is 2. The average molecular weight is 296 g/mol. The number of nitrogens with one attached hydrogen (secondary N) is 1. The van der Waals surface area contributed by atoms with E-state index in [-0.39, 0.29) is 5.49 Å². The molecule has 0 unspecified atom stereocenters. The third-order valence-electron chi connectivity index (χ3n) is 3.61. The van der Waals surface area contributed by atoms with Gasteiger partial charge in [0.1, 0.15) is 0 Å². The fraction of sp³-hybridized carbons (Fsp3) is 0.118. The summed E-state index contributed by atoms with van der Waals surface area (Å²) >= 11 is 0. The molecule has 0 saturated carbocycles. The van der Waals surface area contributed by atoms with Crippen molar-refractivity contribution in [2.75, 3.05) is 14.2 Å². The maximum atomic E-state index is 10.3. The molecule has 3 aromatic rings. The molecule has 2 N–H and O–H groups in total. The fourth-order valence-electron chi connectivity index (χ4n) is 2.48. The maximum absolute atomic E-state index is 10.3. The Morgan fingerprint density at radius 1 is 0.955 bits per heavy atom. The predicted molar refractivity (Wildman–Crippen MR) is 83.5 cm³/mol. The summed E-state index contributed by atoms with van der Waals surface area (Å²) in [7, 11) is 3.10. The average Bonchev–Trinajstić information content (AvgIpc) is 2.57. The van der Waals surface area contributed by atoms with Gasteiger partial charge in [0.15, 0.2) is 17.0 Å². The van der Waals surface area contributed by atoms with E-state index in [4.69, 9.17) is 14.9 Å². The van der Waals surface area contributed by atoms with Gasteiger partial charge in [0.2, 0.25) is 0 Å². The van der Waals surface area contributed by atoms with Crippen molar-refractivity contribution in [3.8, 4) is 22.6 Å². The lowest BCUT2D eigenvalue weighted by atomic mass is 10.0. The summed E-state index contributed by atoms with van der Waals surface area (Å²) in [6, 6.07) is 14.8. The molecular weight excluding hydrogens is 280 g/mol. The molecule has 5 nitrogen and oxygen atoms in total. The van der Waals surface area contributed by atoms with Gasteiger partial charge < -0.3 is 14.7 Å². The number of hydrogen-bond acceptors (Lipinski definition) is 4. The summed E-state index contributed by atoms with van der Waals surface area (Å²) in [5.74, 6) is 1.08. The van der Waals surface area contributed by atoms with E-state index in [9.17, 15) is 5.21 Å². The highest BCUT2D eigenvalue weighted by atomic mass is 16.5. The number of rotatable bonds is 3. The molecule has 0 aliphatic rings. The molecule has 22 heavy (non-hydrogen) atoms. The first kappa shape index (κ1) is 14.0. The number of methoxy groups -OCH3 is 2. The summed E-state index contributed by atoms with van der Waals surface area (Å²) in [5, 5.41) is 19.3. The quantitative estimate of drug-likeness (QED) is 0.730. The van der Waals surface area contributed by atoms with E-state index >= 15 is 0 Å². The molecule has 3 rings (SSSR count). The van der Waals surface area contributed by atoms with Crippen LogP contribution in [0.25, 0.3) is 22.0 Å². The van der Waals surface area contributed by atoms with E-state index in [1.165, 1.54) is 7.11 Å². The summed E-state index contributed by atoms with van der Waals surface area (Å²) in [5.41, 5.74) is 2.02. The Balaban J connectivity index is 2.34. The van der Waals surface area contributed by atoms with Crippen molar-refractivity contribution < 1.29 is 14.7 Å². The summed E-state index contributed by atoms with van der Waals surface area (Å²) in [4.78, 5) is 0. The van der Waals surface area contributed by atoms with Crippen LogP contribution >= 0.6 is 0 Å². The number of aromatic nitrogens is 1. The van der Waals surface area contributed by atoms with Gasteiger partial charge in [-0.15, -0.1) is 0 Å². The number of fused-ring (bicyclic) bond motifs is 1. The highest BCUT2D eigenvalue weighted by Crippen LogP contribution is 2.32. The summed E-state index contributed by atoms with van der Waals surface area (Å²) in [6.07, 6.45) is 0. The second-order valence-corrected chi connectivity index (χ2v) is 4.85. The predicted octanol–water partition coefficient (Wildman–Crippen LogP) is 3.04. The van der Waals surface area contributed by atoms with Crippen LogP contribution in [0.4, 0.5) is 0 Å². The van der Waals surface area contributed by atoms with Crippen LogP contribution in [0.15, 0.2) is 48.5 Å². The third-order valence-corrected chi connectivity index (χ3v) is 3.61. The van der Waals surface area contributed by atoms with Crippen LogP contribution in [-0.4, -0.2) is 24.2 Å². The van der Waals surface area contributed by atoms with Crippen LogP contribution in [0, 0.1) is 5.41 Å². The van der Waals surface area contributed by atoms with Crippen molar-refractivity contribution in [1.29, 1.82) is 5.41 Å². The Morgan fingerprint density at radius 2 is 1.59 bits per heavy atom. The zero-order valence-electron chi connectivity index (χ0n) is 12.3. The second-order valence-electron chi connectivity index (χ2n) is 4.85. The van der Waals surface area contributed by atoms with Crippen molar-refractivity contribution in [1.82, 2.24) is 4.73 Å². The monoisotopic (exact) mass is 296 g/mol. The first-order chi connectivity index (χ1) is 10.7. The zero-order valence-corrected chi connectivity index (χ0v) is 12.3. The topological polar surface area (TPSA) is 67.5 Å². The molecule has 0 atom stereocenters. The molecule has 1 heterocycles. The Hall–Kier alpha value is -2.95. The minimum Gasteiger partial charge on any atom is -0.493 e. The van der Waals surface area contributed by atoms with Gasteiger partial charge in [-0.3, -0.25) is 5.41 Å². The molecule has 0 saturated heterocycles. The van der Waals surface area contributed by atoms with Gasteiger partial charge >= 0.3 is 0 Å². The van der Waals surface area contributed by atoms with Crippen LogP contribution in [0.2, 0.25) is 0 Å². The van der Waals surface area contributed by atoms with Crippen LogP contribution < -0.4 is 15.0 Å². The molecule has 0 spiro atoms. The van der Waals surface area contributed by atoms with Crippen molar-refractivity contribution in [2.45, 2.75) is 0 Å². The van der Waals surface area contributed by atoms with Crippen LogP contribution in [0.1, 0.15) is 0 Å². The Bertz CT molecular complexity index is 886. The van der Waals surface area contributed by atoms with Crippen molar-refractivity contribution in [2.24, 2.45) is 0 Å². The largest absolute Gasteiger partial charge is 0.493 e. The maximum Gasteiger partial charge on any atom is 0.169 e. The second kappa shape index (κ2) is 5.44. The Labute approximate surface area is 127 Å². The van der Waals surface area contributed by atoms with E-state index < -0.39 is 0 Å².